The van der Waals surface area contributed by atoms with Crippen LogP contribution in [0.3, 0.4) is 0 Å². The summed E-state index contributed by atoms with van der Waals surface area (Å²) >= 11 is 1.50. The van der Waals surface area contributed by atoms with Crippen molar-refractivity contribution in [2.24, 2.45) is 0 Å². The van der Waals surface area contributed by atoms with Crippen LogP contribution in [-0.2, 0) is 6.42 Å². The highest BCUT2D eigenvalue weighted by Crippen LogP contribution is 2.32. The van der Waals surface area contributed by atoms with Gasteiger partial charge in [-0.1, -0.05) is 12.5 Å². The molecular weight excluding hydrogens is 392 g/mol. The second kappa shape index (κ2) is 8.56. The Hall–Kier alpha value is -2.11. The zero-order valence-electron chi connectivity index (χ0n) is 17.7. The molecule has 0 radical (unpaired) electrons. The maximum absolute atomic E-state index is 13.2. The van der Waals surface area contributed by atoms with Crippen LogP contribution in [0.15, 0.2) is 41.9 Å². The molecule has 1 aliphatic heterocycles. The Morgan fingerprint density at radius 3 is 2.73 bits per heavy atom. The van der Waals surface area contributed by atoms with Crippen LogP contribution < -0.4 is 4.74 Å². The number of benzene rings is 1. The molecule has 2 aromatic heterocycles. The molecule has 30 heavy (non-hydrogen) atoms. The SMILES string of the molecule is CN1CCCC1Cc1cn(C(=O)c2cccs2)c2ccc(OC3CCCCC3)cc12. The molecule has 1 aromatic carbocycles. The van der Waals surface area contributed by atoms with Crippen molar-refractivity contribution in [3.05, 3.63) is 52.3 Å². The molecule has 0 bridgehead atoms. The van der Waals surface area contributed by atoms with Crippen molar-refractivity contribution in [1.29, 1.82) is 0 Å². The predicted octanol–water partition coefficient (Wildman–Crippen LogP) is 5.74. The number of thiophene rings is 1. The molecule has 1 saturated heterocycles. The number of ether oxygens (including phenoxy) is 1. The number of hydrogen-bond acceptors (Lipinski definition) is 4. The van der Waals surface area contributed by atoms with Gasteiger partial charge in [-0.05, 0) is 93.7 Å². The van der Waals surface area contributed by atoms with Crippen molar-refractivity contribution in [3.8, 4) is 5.75 Å². The van der Waals surface area contributed by atoms with Gasteiger partial charge in [-0.2, -0.15) is 0 Å². The molecule has 2 fully saturated rings. The van der Waals surface area contributed by atoms with Crippen LogP contribution in [-0.4, -0.2) is 41.1 Å². The molecule has 1 saturated carbocycles. The maximum atomic E-state index is 13.2. The third-order valence-corrected chi connectivity index (χ3v) is 7.65. The van der Waals surface area contributed by atoms with Gasteiger partial charge < -0.3 is 9.64 Å². The number of rotatable bonds is 5. The van der Waals surface area contributed by atoms with E-state index in [-0.39, 0.29) is 5.91 Å². The van der Waals surface area contributed by atoms with Crippen LogP contribution in [0.5, 0.6) is 5.75 Å². The third kappa shape index (κ3) is 3.93. The van der Waals surface area contributed by atoms with Crippen molar-refractivity contribution < 1.29 is 9.53 Å². The number of carbonyl (C=O) groups is 1. The van der Waals surface area contributed by atoms with Crippen LogP contribution in [0, 0.1) is 0 Å². The number of hydrogen-bond donors (Lipinski definition) is 0. The molecule has 5 rings (SSSR count). The minimum atomic E-state index is 0.0574. The van der Waals surface area contributed by atoms with Gasteiger partial charge >= 0.3 is 0 Å². The van der Waals surface area contributed by atoms with Crippen LogP contribution >= 0.6 is 11.3 Å². The van der Waals surface area contributed by atoms with Crippen molar-refractivity contribution >= 4 is 28.1 Å². The van der Waals surface area contributed by atoms with Crippen molar-refractivity contribution in [1.82, 2.24) is 9.47 Å². The fourth-order valence-corrected chi connectivity index (χ4v) is 5.73. The van der Waals surface area contributed by atoms with Gasteiger partial charge in [0.25, 0.3) is 5.91 Å². The van der Waals surface area contributed by atoms with Gasteiger partial charge in [0, 0.05) is 17.6 Å². The van der Waals surface area contributed by atoms with Crippen LogP contribution in [0.1, 0.15) is 60.2 Å². The first-order valence-electron chi connectivity index (χ1n) is 11.3. The molecule has 5 heteroatoms. The Bertz CT molecular complexity index is 1020. The zero-order chi connectivity index (χ0) is 20.5. The molecule has 1 atom stereocenters. The van der Waals surface area contributed by atoms with Crippen LogP contribution in [0.2, 0.25) is 0 Å². The van der Waals surface area contributed by atoms with Gasteiger partial charge in [-0.25, -0.2) is 0 Å². The van der Waals surface area contributed by atoms with Gasteiger partial charge in [-0.3, -0.25) is 9.36 Å². The first-order valence-corrected chi connectivity index (χ1v) is 12.2. The van der Waals surface area contributed by atoms with Crippen molar-refractivity contribution in [2.45, 2.75) is 63.5 Å². The Balaban J connectivity index is 1.51. The number of fused-ring (bicyclic) bond motifs is 1. The molecule has 0 amide bonds. The van der Waals surface area contributed by atoms with Crippen LogP contribution in [0.25, 0.3) is 10.9 Å². The molecule has 3 aromatic rings. The lowest BCUT2D eigenvalue weighted by atomic mass is 9.98. The molecule has 3 heterocycles. The smallest absolute Gasteiger partial charge is 0.272 e. The quantitative estimate of drug-likeness (QED) is 0.526. The average Bonchev–Trinajstić information content (AvgIpc) is 3.50. The molecule has 158 valence electrons. The summed E-state index contributed by atoms with van der Waals surface area (Å²) in [5.41, 5.74) is 2.24. The zero-order valence-corrected chi connectivity index (χ0v) is 18.5. The topological polar surface area (TPSA) is 34.5 Å². The van der Waals surface area contributed by atoms with E-state index in [0.29, 0.717) is 12.1 Å². The van der Waals surface area contributed by atoms with E-state index in [4.69, 9.17) is 4.74 Å². The Morgan fingerprint density at radius 1 is 1.13 bits per heavy atom. The Kier molecular flexibility index (Phi) is 5.66. The molecule has 0 N–H and O–H groups in total. The van der Waals surface area contributed by atoms with E-state index in [1.54, 1.807) is 0 Å². The normalized spacial score (nSPS) is 20.8. The molecule has 1 unspecified atom stereocenters. The predicted molar refractivity (Wildman–Crippen MR) is 123 cm³/mol. The van der Waals surface area contributed by atoms with E-state index >= 15 is 0 Å². The molecule has 0 spiro atoms. The Morgan fingerprint density at radius 2 is 2.00 bits per heavy atom. The highest BCUT2D eigenvalue weighted by atomic mass is 32.1. The van der Waals surface area contributed by atoms with E-state index in [2.05, 4.69) is 30.3 Å². The average molecular weight is 423 g/mol. The summed E-state index contributed by atoms with van der Waals surface area (Å²) in [6.45, 7) is 1.16. The van der Waals surface area contributed by atoms with Crippen LogP contribution in [0.4, 0.5) is 0 Å². The van der Waals surface area contributed by atoms with Gasteiger partial charge in [0.05, 0.1) is 16.5 Å². The second-order valence-corrected chi connectivity index (χ2v) is 9.79. The molecular formula is C25H30N2O2S. The van der Waals surface area contributed by atoms with E-state index in [0.717, 1.165) is 47.3 Å². The summed E-state index contributed by atoms with van der Waals surface area (Å²) in [5, 5.41) is 3.12. The molecule has 4 nitrogen and oxygen atoms in total. The fourth-order valence-electron chi connectivity index (χ4n) is 5.07. The summed E-state index contributed by atoms with van der Waals surface area (Å²) in [6.07, 6.45) is 12.0. The lowest BCUT2D eigenvalue weighted by molar-refractivity contribution is 0.0968. The molecule has 1 aliphatic carbocycles. The van der Waals surface area contributed by atoms with Crippen molar-refractivity contribution in [3.63, 3.8) is 0 Å². The third-order valence-electron chi connectivity index (χ3n) is 6.79. The van der Waals surface area contributed by atoms with E-state index in [1.807, 2.05) is 28.1 Å². The standard InChI is InChI=1S/C25H30N2O2S/c1-26-13-5-7-19(26)15-18-17-27(25(28)24-10-6-14-30-24)23-12-11-21(16-22(18)23)29-20-8-3-2-4-9-20/h6,10-12,14,16-17,19-20H,2-5,7-9,13,15H2,1H3. The van der Waals surface area contributed by atoms with E-state index in [9.17, 15) is 4.79 Å². The lowest BCUT2D eigenvalue weighted by Crippen LogP contribution is -2.26. The number of likely N-dealkylation sites (N-methyl/N-ethyl adjacent to an activating group) is 1. The maximum Gasteiger partial charge on any atom is 0.272 e. The Labute approximate surface area is 182 Å². The largest absolute Gasteiger partial charge is 0.490 e. The summed E-state index contributed by atoms with van der Waals surface area (Å²) in [6, 6.07) is 10.7. The van der Waals surface area contributed by atoms with Gasteiger partial charge in [0.2, 0.25) is 0 Å². The monoisotopic (exact) mass is 422 g/mol. The van der Waals surface area contributed by atoms with Gasteiger partial charge in [0.1, 0.15) is 5.75 Å². The minimum Gasteiger partial charge on any atom is -0.490 e. The fraction of sp³-hybridized carbons (Fsp3) is 0.480. The minimum absolute atomic E-state index is 0.0574. The summed E-state index contributed by atoms with van der Waals surface area (Å²) in [5.74, 6) is 0.999. The van der Waals surface area contributed by atoms with Gasteiger partial charge in [-0.15, -0.1) is 11.3 Å². The van der Waals surface area contributed by atoms with Gasteiger partial charge in [0.15, 0.2) is 0 Å². The number of nitrogens with zero attached hydrogens (tertiary/aromatic N) is 2. The second-order valence-electron chi connectivity index (χ2n) is 8.84. The van der Waals surface area contributed by atoms with E-state index < -0.39 is 0 Å². The lowest BCUT2D eigenvalue weighted by Gasteiger charge is -2.23. The summed E-state index contributed by atoms with van der Waals surface area (Å²) in [7, 11) is 2.21. The first-order chi connectivity index (χ1) is 14.7. The highest BCUT2D eigenvalue weighted by Gasteiger charge is 2.24. The number of aromatic nitrogens is 1. The number of likely N-dealkylation sites (tertiary alicyclic amines) is 1. The number of carbonyl (C=O) groups excluding carboxylic acids is 1. The first kappa shape index (κ1) is 19.8. The molecule has 2 aliphatic rings. The summed E-state index contributed by atoms with van der Waals surface area (Å²) < 4.78 is 8.19. The van der Waals surface area contributed by atoms with E-state index in [1.165, 1.54) is 49.0 Å². The summed E-state index contributed by atoms with van der Waals surface area (Å²) in [4.78, 5) is 16.4. The highest BCUT2D eigenvalue weighted by molar-refractivity contribution is 7.12. The van der Waals surface area contributed by atoms with Crippen molar-refractivity contribution in [2.75, 3.05) is 13.6 Å².